The second-order valence-corrected chi connectivity index (χ2v) is 12.6. The molecular formula is C29H34N6O2S2. The molecule has 204 valence electrons. The fourth-order valence-electron chi connectivity index (χ4n) is 3.71. The Hall–Kier alpha value is -3.44. The molecule has 0 saturated heterocycles. The molecule has 8 nitrogen and oxygen atoms in total. The van der Waals surface area contributed by atoms with Gasteiger partial charge in [-0.25, -0.2) is 9.78 Å². The molecular weight excluding hydrogens is 528 g/mol. The van der Waals surface area contributed by atoms with Gasteiger partial charge >= 0.3 is 6.03 Å². The van der Waals surface area contributed by atoms with Crippen molar-refractivity contribution in [3.63, 3.8) is 0 Å². The highest BCUT2D eigenvalue weighted by Gasteiger charge is 2.26. The topological polar surface area (TPSA) is 114 Å². The fraction of sp³-hybridized carbons (Fsp3) is 0.276. The summed E-state index contributed by atoms with van der Waals surface area (Å²) in [6.07, 6.45) is 3.49. The van der Waals surface area contributed by atoms with Gasteiger partial charge in [-0.3, -0.25) is 4.98 Å². The molecule has 0 fully saturated rings. The zero-order valence-corrected chi connectivity index (χ0v) is 24.4. The summed E-state index contributed by atoms with van der Waals surface area (Å²) in [7, 11) is 0. The highest BCUT2D eigenvalue weighted by molar-refractivity contribution is 7.89. The second kappa shape index (κ2) is 12.6. The van der Waals surface area contributed by atoms with E-state index in [0.717, 1.165) is 32.4 Å². The molecule has 4 N–H and O–H groups in total. The Morgan fingerprint density at radius 2 is 1.77 bits per heavy atom. The van der Waals surface area contributed by atoms with Crippen molar-refractivity contribution in [2.75, 3.05) is 10.6 Å². The van der Waals surface area contributed by atoms with Gasteiger partial charge in [0, 0.05) is 41.4 Å². The van der Waals surface area contributed by atoms with Crippen LogP contribution >= 0.6 is 11.3 Å². The molecule has 4 aromatic rings. The number of anilines is 2. The van der Waals surface area contributed by atoms with Gasteiger partial charge in [-0.2, -0.15) is 0 Å². The fourth-order valence-corrected chi connectivity index (χ4v) is 6.02. The minimum Gasteiger partial charge on any atom is -0.593 e. The van der Waals surface area contributed by atoms with E-state index < -0.39 is 11.4 Å². The smallest absolute Gasteiger partial charge is 0.319 e. The van der Waals surface area contributed by atoms with Crippen molar-refractivity contribution in [1.29, 1.82) is 0 Å². The number of thiazole rings is 1. The number of urea groups is 1. The number of aromatic nitrogens is 2. The van der Waals surface area contributed by atoms with Crippen molar-refractivity contribution in [2.24, 2.45) is 0 Å². The number of nitrogens with one attached hydrogen (secondary N) is 4. The van der Waals surface area contributed by atoms with Crippen LogP contribution in [0.1, 0.15) is 40.3 Å². The van der Waals surface area contributed by atoms with Gasteiger partial charge in [-0.1, -0.05) is 6.07 Å². The molecule has 0 aliphatic heterocycles. The molecule has 2 amide bonds. The molecule has 1 atom stereocenters. The van der Waals surface area contributed by atoms with E-state index in [2.05, 4.69) is 44.5 Å². The quantitative estimate of drug-likeness (QED) is 0.175. The third-order valence-corrected chi connectivity index (χ3v) is 7.97. The van der Waals surface area contributed by atoms with Crippen LogP contribution in [-0.4, -0.2) is 32.1 Å². The predicted molar refractivity (Wildman–Crippen MR) is 161 cm³/mol. The number of hydrogen-bond donors (Lipinski definition) is 4. The lowest BCUT2D eigenvalue weighted by atomic mass is 10.1. The highest BCUT2D eigenvalue weighted by Crippen LogP contribution is 2.37. The zero-order valence-electron chi connectivity index (χ0n) is 22.7. The number of benzene rings is 2. The summed E-state index contributed by atoms with van der Waals surface area (Å²) in [5, 5.41) is 9.91. The Balaban J connectivity index is 1.56. The maximum atomic E-state index is 13.4. The Bertz CT molecular complexity index is 1390. The van der Waals surface area contributed by atoms with E-state index in [4.69, 9.17) is 0 Å². The molecule has 0 bridgehead atoms. The minimum absolute atomic E-state index is 0.299. The number of hydrogen-bond acceptors (Lipinski definition) is 7. The van der Waals surface area contributed by atoms with E-state index in [1.165, 1.54) is 11.3 Å². The third kappa shape index (κ3) is 8.27. The average molecular weight is 563 g/mol. The first-order valence-electron chi connectivity index (χ1n) is 12.7. The number of amides is 2. The van der Waals surface area contributed by atoms with E-state index in [0.29, 0.717) is 23.2 Å². The van der Waals surface area contributed by atoms with Gasteiger partial charge in [0.1, 0.15) is 5.01 Å². The van der Waals surface area contributed by atoms with Crippen molar-refractivity contribution >= 4 is 40.1 Å². The molecule has 0 aliphatic carbocycles. The molecule has 0 saturated carbocycles. The molecule has 1 unspecified atom stereocenters. The van der Waals surface area contributed by atoms with Crippen LogP contribution in [0.15, 0.2) is 78.0 Å². The largest absolute Gasteiger partial charge is 0.593 e. The number of carbonyl (C=O) groups is 1. The van der Waals surface area contributed by atoms with Crippen molar-refractivity contribution in [3.8, 4) is 21.0 Å². The summed E-state index contributed by atoms with van der Waals surface area (Å²) in [6.45, 7) is 10.4. The molecule has 10 heteroatoms. The number of carbonyl (C=O) groups excluding carboxylic acids is 1. The first-order valence-corrected chi connectivity index (χ1v) is 14.7. The molecule has 39 heavy (non-hydrogen) atoms. The number of pyridine rings is 1. The van der Waals surface area contributed by atoms with E-state index in [-0.39, 0.29) is 11.6 Å². The molecule has 0 spiro atoms. The van der Waals surface area contributed by atoms with Gasteiger partial charge in [0.25, 0.3) is 0 Å². The van der Waals surface area contributed by atoms with Gasteiger partial charge in [0.15, 0.2) is 4.90 Å². The zero-order chi connectivity index (χ0) is 28.0. The second-order valence-electron chi connectivity index (χ2n) is 10.4. The van der Waals surface area contributed by atoms with Gasteiger partial charge in [0.2, 0.25) is 0 Å². The SMILES string of the molecule is CC(C)Nc1ccc(-c2ncc(-c3ccc(NC(=O)NCc4ccccn4)cc3[S+]([O-])NC(C)(C)C)s2)cc1. The number of rotatable bonds is 9. The predicted octanol–water partition coefficient (Wildman–Crippen LogP) is 6.42. The summed E-state index contributed by atoms with van der Waals surface area (Å²) in [5.74, 6) is 0. The van der Waals surface area contributed by atoms with Crippen LogP contribution in [0.25, 0.3) is 21.0 Å². The maximum Gasteiger partial charge on any atom is 0.319 e. The first kappa shape index (κ1) is 28.6. The van der Waals surface area contributed by atoms with Crippen molar-refractivity contribution in [1.82, 2.24) is 20.0 Å². The van der Waals surface area contributed by atoms with Gasteiger partial charge in [-0.05, 0) is 83.1 Å². The normalized spacial score (nSPS) is 12.3. The molecule has 2 aromatic heterocycles. The first-order chi connectivity index (χ1) is 18.6. The summed E-state index contributed by atoms with van der Waals surface area (Å²) in [6, 6.07) is 19.1. The van der Waals surface area contributed by atoms with E-state index in [1.54, 1.807) is 24.5 Å². The average Bonchev–Trinajstić information content (AvgIpc) is 3.37. The summed E-state index contributed by atoms with van der Waals surface area (Å²) in [5.41, 5.74) is 3.78. The summed E-state index contributed by atoms with van der Waals surface area (Å²) < 4.78 is 16.6. The Morgan fingerprint density at radius 3 is 2.44 bits per heavy atom. The van der Waals surface area contributed by atoms with Crippen LogP contribution in [0.5, 0.6) is 0 Å². The van der Waals surface area contributed by atoms with Crippen LogP contribution in [0.2, 0.25) is 0 Å². The lowest BCUT2D eigenvalue weighted by Crippen LogP contribution is -2.40. The maximum absolute atomic E-state index is 13.4. The summed E-state index contributed by atoms with van der Waals surface area (Å²) >= 11 is 0.00481. The lowest BCUT2D eigenvalue weighted by molar-refractivity contribution is 0.251. The minimum atomic E-state index is -1.53. The van der Waals surface area contributed by atoms with Gasteiger partial charge in [-0.15, -0.1) is 16.1 Å². The van der Waals surface area contributed by atoms with Gasteiger partial charge < -0.3 is 20.5 Å². The van der Waals surface area contributed by atoms with Crippen LogP contribution in [0.3, 0.4) is 0 Å². The lowest BCUT2D eigenvalue weighted by Gasteiger charge is -2.23. The van der Waals surface area contributed by atoms with Crippen molar-refractivity contribution < 1.29 is 9.35 Å². The van der Waals surface area contributed by atoms with Crippen molar-refractivity contribution in [2.45, 2.75) is 57.6 Å². The van der Waals surface area contributed by atoms with Crippen LogP contribution in [0, 0.1) is 0 Å². The van der Waals surface area contributed by atoms with E-state index in [1.807, 2.05) is 69.3 Å². The Morgan fingerprint density at radius 1 is 1.03 bits per heavy atom. The molecule has 0 radical (unpaired) electrons. The standard InChI is InChI=1S/C29H34N6O2S2/c1-19(2)33-21-11-9-20(10-12-21)27-31-18-25(38-27)24-14-13-22(16-26(24)39(37)35-29(3,4)5)34-28(36)32-17-23-8-6-7-15-30-23/h6-16,18-19,33,35H,17H2,1-5H3,(H2,32,34,36). The van der Waals surface area contributed by atoms with Crippen LogP contribution < -0.4 is 20.7 Å². The molecule has 0 aliphatic rings. The summed E-state index contributed by atoms with van der Waals surface area (Å²) in [4.78, 5) is 22.9. The van der Waals surface area contributed by atoms with E-state index >= 15 is 0 Å². The third-order valence-electron chi connectivity index (χ3n) is 5.35. The Kier molecular flexibility index (Phi) is 9.24. The van der Waals surface area contributed by atoms with Crippen molar-refractivity contribution in [3.05, 3.63) is 78.8 Å². The Labute approximate surface area is 237 Å². The molecule has 4 rings (SSSR count). The van der Waals surface area contributed by atoms with E-state index in [9.17, 15) is 9.35 Å². The molecule has 2 heterocycles. The highest BCUT2D eigenvalue weighted by atomic mass is 32.2. The molecule has 2 aromatic carbocycles. The van der Waals surface area contributed by atoms with Crippen LogP contribution in [0.4, 0.5) is 16.2 Å². The van der Waals surface area contributed by atoms with Gasteiger partial charge in [0.05, 0.1) is 39.6 Å². The van der Waals surface area contributed by atoms with Crippen LogP contribution in [-0.2, 0) is 17.9 Å². The monoisotopic (exact) mass is 562 g/mol. The number of nitrogens with zero attached hydrogens (tertiary/aromatic N) is 2.